The zero-order valence-corrected chi connectivity index (χ0v) is 9.84. The summed E-state index contributed by atoms with van der Waals surface area (Å²) in [5, 5.41) is 11.2. The average Bonchev–Trinajstić information content (AvgIpc) is 2.52. The van der Waals surface area contributed by atoms with E-state index < -0.39 is 0 Å². The standard InChI is InChI=1S/C9H18N4S/c1-8(7-14-3)4-10-5-9-6-13(2)12-11-9/h6,8,10H,4-5,7H2,1-3H3. The molecule has 1 atom stereocenters. The van der Waals surface area contributed by atoms with Crippen molar-refractivity contribution in [1.29, 1.82) is 0 Å². The van der Waals surface area contributed by atoms with Crippen LogP contribution in [-0.4, -0.2) is 33.5 Å². The van der Waals surface area contributed by atoms with Crippen molar-refractivity contribution >= 4 is 11.8 Å². The molecule has 1 aromatic heterocycles. The second kappa shape index (κ2) is 6.03. The maximum atomic E-state index is 4.00. The molecule has 0 saturated heterocycles. The highest BCUT2D eigenvalue weighted by atomic mass is 32.2. The molecule has 80 valence electrons. The predicted molar refractivity (Wildman–Crippen MR) is 60.3 cm³/mol. The maximum Gasteiger partial charge on any atom is 0.0964 e. The number of nitrogens with zero attached hydrogens (tertiary/aromatic N) is 3. The van der Waals surface area contributed by atoms with Gasteiger partial charge in [-0.05, 0) is 24.5 Å². The molecule has 0 aliphatic heterocycles. The van der Waals surface area contributed by atoms with E-state index in [0.717, 1.165) is 18.8 Å². The molecule has 0 saturated carbocycles. The van der Waals surface area contributed by atoms with Crippen LogP contribution < -0.4 is 5.32 Å². The van der Waals surface area contributed by atoms with Crippen LogP contribution in [0.4, 0.5) is 0 Å². The largest absolute Gasteiger partial charge is 0.311 e. The quantitative estimate of drug-likeness (QED) is 0.764. The van der Waals surface area contributed by atoms with Gasteiger partial charge in [0.15, 0.2) is 0 Å². The summed E-state index contributed by atoms with van der Waals surface area (Å²) in [6.45, 7) is 4.10. The van der Waals surface area contributed by atoms with Crippen LogP contribution >= 0.6 is 11.8 Å². The Bertz CT molecular complexity index is 261. The van der Waals surface area contributed by atoms with E-state index in [1.54, 1.807) is 4.68 Å². The van der Waals surface area contributed by atoms with Crippen molar-refractivity contribution in [3.8, 4) is 0 Å². The summed E-state index contributed by atoms with van der Waals surface area (Å²) >= 11 is 1.89. The van der Waals surface area contributed by atoms with Crippen LogP contribution in [0.3, 0.4) is 0 Å². The molecule has 0 amide bonds. The molecule has 0 bridgehead atoms. The highest BCUT2D eigenvalue weighted by Gasteiger charge is 2.01. The zero-order valence-electron chi connectivity index (χ0n) is 9.03. The summed E-state index contributed by atoms with van der Waals surface area (Å²) in [6, 6.07) is 0. The van der Waals surface area contributed by atoms with Crippen LogP contribution in [0.15, 0.2) is 6.20 Å². The lowest BCUT2D eigenvalue weighted by atomic mass is 10.2. The minimum Gasteiger partial charge on any atom is -0.311 e. The molecule has 0 spiro atoms. The summed E-state index contributed by atoms with van der Waals surface area (Å²) < 4.78 is 1.72. The third-order valence-electron chi connectivity index (χ3n) is 1.90. The predicted octanol–water partition coefficient (Wildman–Crippen LogP) is 0.904. The number of hydrogen-bond acceptors (Lipinski definition) is 4. The van der Waals surface area contributed by atoms with Crippen LogP contribution in [0.2, 0.25) is 0 Å². The molecule has 1 aromatic rings. The minimum absolute atomic E-state index is 0.710. The van der Waals surface area contributed by atoms with Crippen LogP contribution in [0.5, 0.6) is 0 Å². The van der Waals surface area contributed by atoms with Crippen LogP contribution in [-0.2, 0) is 13.6 Å². The number of thioether (sulfide) groups is 1. The van der Waals surface area contributed by atoms with Crippen molar-refractivity contribution in [2.45, 2.75) is 13.5 Å². The maximum absolute atomic E-state index is 4.00. The van der Waals surface area contributed by atoms with Gasteiger partial charge in [0.25, 0.3) is 0 Å². The molecule has 0 aliphatic rings. The lowest BCUT2D eigenvalue weighted by Gasteiger charge is -2.09. The Morgan fingerprint density at radius 3 is 3.00 bits per heavy atom. The molecule has 14 heavy (non-hydrogen) atoms. The van der Waals surface area contributed by atoms with Gasteiger partial charge in [-0.2, -0.15) is 11.8 Å². The molecule has 0 fully saturated rings. The van der Waals surface area contributed by atoms with Crippen molar-refractivity contribution in [3.63, 3.8) is 0 Å². The molecule has 0 radical (unpaired) electrons. The normalized spacial score (nSPS) is 13.1. The van der Waals surface area contributed by atoms with Gasteiger partial charge in [-0.1, -0.05) is 12.1 Å². The first kappa shape index (κ1) is 11.5. The molecular weight excluding hydrogens is 196 g/mol. The third-order valence-corrected chi connectivity index (χ3v) is 2.80. The number of nitrogens with one attached hydrogen (secondary N) is 1. The average molecular weight is 214 g/mol. The summed E-state index contributed by atoms with van der Waals surface area (Å²) in [5.74, 6) is 1.91. The van der Waals surface area contributed by atoms with E-state index in [1.807, 2.05) is 25.0 Å². The highest BCUT2D eigenvalue weighted by molar-refractivity contribution is 7.98. The monoisotopic (exact) mass is 214 g/mol. The van der Waals surface area contributed by atoms with Crippen LogP contribution in [0.25, 0.3) is 0 Å². The first-order chi connectivity index (χ1) is 6.72. The van der Waals surface area contributed by atoms with Crippen molar-refractivity contribution in [1.82, 2.24) is 20.3 Å². The Morgan fingerprint density at radius 2 is 2.43 bits per heavy atom. The van der Waals surface area contributed by atoms with Gasteiger partial charge in [0.1, 0.15) is 0 Å². The molecule has 0 aromatic carbocycles. The van der Waals surface area contributed by atoms with E-state index in [1.165, 1.54) is 5.75 Å². The highest BCUT2D eigenvalue weighted by Crippen LogP contribution is 2.02. The van der Waals surface area contributed by atoms with Gasteiger partial charge < -0.3 is 5.32 Å². The lowest BCUT2D eigenvalue weighted by molar-refractivity contribution is 0.554. The summed E-state index contributed by atoms with van der Waals surface area (Å²) in [5.41, 5.74) is 1.00. The van der Waals surface area contributed by atoms with Gasteiger partial charge in [-0.15, -0.1) is 5.10 Å². The fraction of sp³-hybridized carbons (Fsp3) is 0.778. The van der Waals surface area contributed by atoms with Gasteiger partial charge in [0, 0.05) is 19.8 Å². The Balaban J connectivity index is 2.15. The Morgan fingerprint density at radius 1 is 1.64 bits per heavy atom. The smallest absolute Gasteiger partial charge is 0.0964 e. The Labute approximate surface area is 89.5 Å². The molecule has 4 nitrogen and oxygen atoms in total. The third kappa shape index (κ3) is 4.11. The van der Waals surface area contributed by atoms with E-state index in [2.05, 4.69) is 28.8 Å². The zero-order chi connectivity index (χ0) is 10.4. The van der Waals surface area contributed by atoms with Gasteiger partial charge in [0.05, 0.1) is 5.69 Å². The SMILES string of the molecule is CSCC(C)CNCc1cn(C)nn1. The first-order valence-corrected chi connectivity index (χ1v) is 6.16. The van der Waals surface area contributed by atoms with E-state index in [9.17, 15) is 0 Å². The van der Waals surface area contributed by atoms with Gasteiger partial charge in [0.2, 0.25) is 0 Å². The van der Waals surface area contributed by atoms with Gasteiger partial charge >= 0.3 is 0 Å². The summed E-state index contributed by atoms with van der Waals surface area (Å²) in [6.07, 6.45) is 4.07. The van der Waals surface area contributed by atoms with Crippen molar-refractivity contribution in [2.75, 3.05) is 18.6 Å². The Kier molecular flexibility index (Phi) is 4.97. The van der Waals surface area contributed by atoms with Crippen LogP contribution in [0.1, 0.15) is 12.6 Å². The van der Waals surface area contributed by atoms with E-state index >= 15 is 0 Å². The topological polar surface area (TPSA) is 42.7 Å². The molecular formula is C9H18N4S. The van der Waals surface area contributed by atoms with Crippen molar-refractivity contribution in [3.05, 3.63) is 11.9 Å². The number of rotatable bonds is 6. The summed E-state index contributed by atoms with van der Waals surface area (Å²) in [4.78, 5) is 0. The molecule has 1 rings (SSSR count). The molecule has 1 heterocycles. The van der Waals surface area contributed by atoms with Crippen molar-refractivity contribution < 1.29 is 0 Å². The fourth-order valence-corrected chi connectivity index (χ4v) is 1.95. The lowest BCUT2D eigenvalue weighted by Crippen LogP contribution is -2.22. The number of aromatic nitrogens is 3. The molecule has 1 unspecified atom stereocenters. The van der Waals surface area contributed by atoms with E-state index in [-0.39, 0.29) is 0 Å². The van der Waals surface area contributed by atoms with E-state index in [0.29, 0.717) is 5.92 Å². The second-order valence-electron chi connectivity index (χ2n) is 3.57. The first-order valence-electron chi connectivity index (χ1n) is 4.77. The van der Waals surface area contributed by atoms with E-state index in [4.69, 9.17) is 0 Å². The Hall–Kier alpha value is -0.550. The molecule has 5 heteroatoms. The molecule has 0 aliphatic carbocycles. The van der Waals surface area contributed by atoms with Crippen LogP contribution in [0, 0.1) is 5.92 Å². The minimum atomic E-state index is 0.710. The molecule has 1 N–H and O–H groups in total. The van der Waals surface area contributed by atoms with Gasteiger partial charge in [-0.3, -0.25) is 4.68 Å². The van der Waals surface area contributed by atoms with Crippen molar-refractivity contribution in [2.24, 2.45) is 13.0 Å². The number of aryl methyl sites for hydroxylation is 1. The number of hydrogen-bond donors (Lipinski definition) is 1. The fourth-order valence-electron chi connectivity index (χ4n) is 1.27. The van der Waals surface area contributed by atoms with Gasteiger partial charge in [-0.25, -0.2) is 0 Å². The second-order valence-corrected chi connectivity index (χ2v) is 4.49. The summed E-state index contributed by atoms with van der Waals surface area (Å²) in [7, 11) is 1.88.